The Hall–Kier alpha value is -2.61. The van der Waals surface area contributed by atoms with E-state index in [2.05, 4.69) is 5.32 Å². The van der Waals surface area contributed by atoms with Crippen LogP contribution in [0.2, 0.25) is 0 Å². The molecule has 2 aliphatic rings. The van der Waals surface area contributed by atoms with E-state index in [1.165, 1.54) is 13.2 Å². The summed E-state index contributed by atoms with van der Waals surface area (Å²) >= 11 is -2.32. The summed E-state index contributed by atoms with van der Waals surface area (Å²) in [5, 5.41) is 2.57. The van der Waals surface area contributed by atoms with Crippen LogP contribution in [0, 0.1) is 11.8 Å². The van der Waals surface area contributed by atoms with E-state index in [0.717, 1.165) is 11.6 Å². The van der Waals surface area contributed by atoms with Crippen LogP contribution < -0.4 is 11.1 Å². The van der Waals surface area contributed by atoms with Crippen LogP contribution in [0.25, 0.3) is 0 Å². The van der Waals surface area contributed by atoms with Crippen molar-refractivity contribution in [2.45, 2.75) is 61.3 Å². The molecule has 1 aliphatic heterocycles. The molecule has 0 saturated heterocycles. The van der Waals surface area contributed by atoms with Gasteiger partial charge in [0.1, 0.15) is 0 Å². The van der Waals surface area contributed by atoms with Crippen molar-refractivity contribution in [3.63, 3.8) is 0 Å². The molecule has 10 nitrogen and oxygen atoms in total. The number of amides is 2. The van der Waals surface area contributed by atoms with Gasteiger partial charge in [-0.05, 0) is 0 Å². The molecule has 2 bridgehead atoms. The van der Waals surface area contributed by atoms with E-state index < -0.39 is 56.0 Å². The average molecular weight is 673 g/mol. The van der Waals surface area contributed by atoms with Crippen molar-refractivity contribution in [2.75, 3.05) is 21.3 Å². The van der Waals surface area contributed by atoms with E-state index in [1.54, 1.807) is 39.4 Å². The number of fused-ring (bicyclic) bond motifs is 2. The van der Waals surface area contributed by atoms with Crippen molar-refractivity contribution < 1.29 is 36.5 Å². The fourth-order valence-electron chi connectivity index (χ4n) is 4.77. The molecule has 222 valence electrons. The molecule has 0 aromatic carbocycles. The first-order chi connectivity index (χ1) is 18.8. The Labute approximate surface area is 244 Å². The molecular weight excluding hydrogens is 631 g/mol. The quantitative estimate of drug-likeness (QED) is 0.197. The molecule has 11 heteroatoms. The molecule has 0 unspecified atom stereocenters. The number of nitrogens with two attached hydrogens (primary N) is 1. The molecule has 6 atom stereocenters. The molecule has 0 aromatic heterocycles. The van der Waals surface area contributed by atoms with Gasteiger partial charge in [-0.15, -0.1) is 0 Å². The van der Waals surface area contributed by atoms with Crippen molar-refractivity contribution >= 4 is 43.8 Å². The van der Waals surface area contributed by atoms with Gasteiger partial charge in [-0.2, -0.15) is 0 Å². The molecule has 1 aliphatic carbocycles. The number of rotatable bonds is 4. The first-order valence-electron chi connectivity index (χ1n) is 12.9. The SMILES string of the molecule is CO[C@H]1C[C@H](C)[C@@H](OC)C2=CC(=O)C=C(NC(=O)/C(C)=C/C=C\[C@H](C)[C@@H](OC(N)=O)/C(C)=C/[C@H](C)I1OC)C2=O. The van der Waals surface area contributed by atoms with Crippen molar-refractivity contribution in [3.05, 3.63) is 58.9 Å². The van der Waals surface area contributed by atoms with E-state index in [-0.39, 0.29) is 31.1 Å². The number of primary amides is 1. The number of hydrogen-bond donors (Lipinski definition) is 2. The third-order valence-electron chi connectivity index (χ3n) is 6.77. The predicted molar refractivity (Wildman–Crippen MR) is 160 cm³/mol. The zero-order valence-electron chi connectivity index (χ0n) is 24.4. The minimum atomic E-state index is -2.32. The summed E-state index contributed by atoms with van der Waals surface area (Å²) < 4.78 is 22.9. The fraction of sp³-hybridized carbons (Fsp3) is 0.517. The summed E-state index contributed by atoms with van der Waals surface area (Å²) in [6.45, 7) is 9.30. The van der Waals surface area contributed by atoms with Gasteiger partial charge in [0.25, 0.3) is 0 Å². The average Bonchev–Trinajstić information content (AvgIpc) is 2.88. The Morgan fingerprint density at radius 2 is 1.70 bits per heavy atom. The van der Waals surface area contributed by atoms with Crippen LogP contribution in [0.4, 0.5) is 4.79 Å². The number of hydrogen-bond acceptors (Lipinski definition) is 8. The second-order valence-corrected chi connectivity index (χ2v) is 15.8. The molecule has 0 saturated carbocycles. The van der Waals surface area contributed by atoms with Gasteiger partial charge in [0.2, 0.25) is 0 Å². The first kappa shape index (κ1) is 33.6. The number of nitrogens with one attached hydrogen (secondary N) is 1. The zero-order chi connectivity index (χ0) is 30.1. The number of allylic oxidation sites excluding steroid dienone is 6. The number of ketones is 2. The molecule has 2 amide bonds. The van der Waals surface area contributed by atoms with E-state index in [9.17, 15) is 19.2 Å². The van der Waals surface area contributed by atoms with Crippen molar-refractivity contribution in [1.29, 1.82) is 0 Å². The van der Waals surface area contributed by atoms with Gasteiger partial charge in [0.05, 0.1) is 0 Å². The summed E-state index contributed by atoms with van der Waals surface area (Å²) in [4.78, 5) is 50.5. The van der Waals surface area contributed by atoms with Crippen LogP contribution in [0.15, 0.2) is 58.9 Å². The second kappa shape index (κ2) is 15.4. The summed E-state index contributed by atoms with van der Waals surface area (Å²) in [5.41, 5.74) is 6.57. The van der Waals surface area contributed by atoms with E-state index >= 15 is 0 Å². The number of alkyl halides is 2. The predicted octanol–water partition coefficient (Wildman–Crippen LogP) is 4.10. The van der Waals surface area contributed by atoms with Gasteiger partial charge < -0.3 is 0 Å². The number of carbonyl (C=O) groups excluding carboxylic acids is 4. The third-order valence-corrected chi connectivity index (χ3v) is 12.5. The standard InChI is InChI=1S/C29H41IN2O8/c1-16-10-9-11-17(2)28(35)32-23-15-21(33)14-22(25(23)34)27(38-7)19(4)13-24(37-6)30(39-8)20(5)12-18(3)26(16)40-29(31)36/h9-12,14-16,19-20,24,26-27H,13H2,1-8H3,(H2,31,36)(H,32,35)/b10-9-,17-11+,18-12+/t16-,19-,20-,24-,26+,27+/m0/s1. The fourth-order valence-corrected chi connectivity index (χ4v) is 10.1. The first-order valence-corrected chi connectivity index (χ1v) is 16.3. The number of ether oxygens (including phenoxy) is 3. The molecular formula is C29H41IN2O8. The van der Waals surface area contributed by atoms with Crippen molar-refractivity contribution in [3.8, 4) is 0 Å². The number of carbonyl (C=O) groups is 4. The van der Waals surface area contributed by atoms with Crippen molar-refractivity contribution in [1.82, 2.24) is 5.32 Å². The Morgan fingerprint density at radius 1 is 1.02 bits per heavy atom. The van der Waals surface area contributed by atoms with Crippen LogP contribution in [0.5, 0.6) is 0 Å². The minimum absolute atomic E-state index is 0.0137. The summed E-state index contributed by atoms with van der Waals surface area (Å²) in [5.74, 6) is -1.93. The Balaban J connectivity index is 2.62. The molecule has 2 rings (SSSR count). The maximum atomic E-state index is 13.4. The monoisotopic (exact) mass is 672 g/mol. The Morgan fingerprint density at radius 3 is 2.27 bits per heavy atom. The molecule has 3 N–H and O–H groups in total. The van der Waals surface area contributed by atoms with Gasteiger partial charge in [-0.3, -0.25) is 0 Å². The molecule has 0 spiro atoms. The van der Waals surface area contributed by atoms with Gasteiger partial charge in [0.15, 0.2) is 0 Å². The van der Waals surface area contributed by atoms with Gasteiger partial charge in [-0.25, -0.2) is 0 Å². The second-order valence-electron chi connectivity index (χ2n) is 9.86. The van der Waals surface area contributed by atoms with Crippen LogP contribution in [0.1, 0.15) is 41.0 Å². The molecule has 40 heavy (non-hydrogen) atoms. The normalized spacial score (nSPS) is 33.5. The molecule has 0 aromatic rings. The number of Topliss-reactive ketones (excluding diaryl/α,β-unsaturated/α-hetero) is 1. The molecule has 0 radical (unpaired) electrons. The van der Waals surface area contributed by atoms with Gasteiger partial charge >= 0.3 is 245 Å². The summed E-state index contributed by atoms with van der Waals surface area (Å²) in [6.07, 6.45) is 7.72. The Kier molecular flexibility index (Phi) is 12.9. The van der Waals surface area contributed by atoms with Crippen LogP contribution in [-0.4, -0.2) is 65.1 Å². The van der Waals surface area contributed by atoms with E-state index in [0.29, 0.717) is 12.0 Å². The van der Waals surface area contributed by atoms with Crippen LogP contribution >= 0.6 is 20.2 Å². The van der Waals surface area contributed by atoms with E-state index in [1.807, 2.05) is 33.8 Å². The Bertz CT molecular complexity index is 1140. The summed E-state index contributed by atoms with van der Waals surface area (Å²) in [7, 11) is 4.76. The van der Waals surface area contributed by atoms with Crippen molar-refractivity contribution in [2.24, 2.45) is 17.6 Å². The van der Waals surface area contributed by atoms with Gasteiger partial charge in [0, 0.05) is 0 Å². The van der Waals surface area contributed by atoms with E-state index in [4.69, 9.17) is 23.0 Å². The molecule has 1 heterocycles. The molecule has 0 fully saturated rings. The number of methoxy groups -OCH3 is 2. The van der Waals surface area contributed by atoms with Crippen LogP contribution in [0.3, 0.4) is 0 Å². The zero-order valence-corrected chi connectivity index (χ0v) is 26.5. The van der Waals surface area contributed by atoms with Crippen LogP contribution in [-0.2, 0) is 31.7 Å². The summed E-state index contributed by atoms with van der Waals surface area (Å²) in [6, 6.07) is 0. The number of halogens is 1. The van der Waals surface area contributed by atoms with Gasteiger partial charge in [-0.1, -0.05) is 0 Å². The maximum absolute atomic E-state index is 13.4. The third kappa shape index (κ3) is 8.69. The topological polar surface area (TPSA) is 143 Å².